The minimum Gasteiger partial charge on any atom is -0.490 e. The number of hydrazone groups is 1. The fraction of sp³-hybridized carbons (Fsp3) is 0.222. The quantitative estimate of drug-likeness (QED) is 0.465. The Labute approximate surface area is 141 Å². The van der Waals surface area contributed by atoms with E-state index in [4.69, 9.17) is 15.2 Å². The fourth-order valence-electron chi connectivity index (χ4n) is 1.99. The molecule has 0 heterocycles. The van der Waals surface area contributed by atoms with E-state index in [1.165, 1.54) is 0 Å². The molecule has 0 aliphatic heterocycles. The van der Waals surface area contributed by atoms with Crippen molar-refractivity contribution in [1.29, 1.82) is 0 Å². The third kappa shape index (κ3) is 5.01. The van der Waals surface area contributed by atoms with Gasteiger partial charge in [0.1, 0.15) is 0 Å². The van der Waals surface area contributed by atoms with E-state index >= 15 is 0 Å². The van der Waals surface area contributed by atoms with Crippen LogP contribution in [0, 0.1) is 0 Å². The highest BCUT2D eigenvalue weighted by molar-refractivity contribution is 5.99. The number of nitrogens with one attached hydrogen (secondary N) is 1. The number of benzene rings is 2. The summed E-state index contributed by atoms with van der Waals surface area (Å²) in [6, 6.07) is 14.5. The van der Waals surface area contributed by atoms with Gasteiger partial charge in [0.25, 0.3) is 5.91 Å². The summed E-state index contributed by atoms with van der Waals surface area (Å²) < 4.78 is 10.9. The largest absolute Gasteiger partial charge is 0.490 e. The lowest BCUT2D eigenvalue weighted by Crippen LogP contribution is -2.25. The van der Waals surface area contributed by atoms with Crippen molar-refractivity contribution in [3.8, 4) is 11.5 Å². The topological polar surface area (TPSA) is 85.9 Å². The van der Waals surface area contributed by atoms with Crippen molar-refractivity contribution in [2.45, 2.75) is 13.8 Å². The molecule has 6 nitrogen and oxygen atoms in total. The number of carbonyl (C=O) groups excluding carboxylic acids is 1. The molecule has 2 aromatic carbocycles. The molecule has 0 aliphatic carbocycles. The second-order valence-electron chi connectivity index (χ2n) is 5.03. The zero-order valence-corrected chi connectivity index (χ0v) is 13.8. The van der Waals surface area contributed by atoms with Gasteiger partial charge in [-0.1, -0.05) is 24.3 Å². The number of para-hydroxylation sites is 2. The van der Waals surface area contributed by atoms with Crippen molar-refractivity contribution >= 4 is 17.3 Å². The molecule has 0 aromatic heterocycles. The molecule has 0 radical (unpaired) electrons. The van der Waals surface area contributed by atoms with E-state index < -0.39 is 0 Å². The molecule has 6 heteroatoms. The number of nitrogen functional groups attached to an aromatic ring is 1. The van der Waals surface area contributed by atoms with E-state index in [9.17, 15) is 4.79 Å². The number of carbonyl (C=O) groups is 1. The average molecular weight is 327 g/mol. The van der Waals surface area contributed by atoms with Gasteiger partial charge in [0.2, 0.25) is 0 Å². The number of ether oxygens (including phenoxy) is 2. The zero-order valence-electron chi connectivity index (χ0n) is 13.8. The monoisotopic (exact) mass is 327 g/mol. The van der Waals surface area contributed by atoms with Gasteiger partial charge in [-0.05, 0) is 43.7 Å². The van der Waals surface area contributed by atoms with Gasteiger partial charge in [0.05, 0.1) is 12.3 Å². The molecule has 0 spiro atoms. The van der Waals surface area contributed by atoms with Gasteiger partial charge in [-0.25, -0.2) is 5.43 Å². The van der Waals surface area contributed by atoms with Crippen molar-refractivity contribution in [2.75, 3.05) is 18.9 Å². The maximum absolute atomic E-state index is 11.9. The lowest BCUT2D eigenvalue weighted by atomic mass is 10.1. The van der Waals surface area contributed by atoms with E-state index in [1.54, 1.807) is 31.2 Å². The molecule has 3 N–H and O–H groups in total. The van der Waals surface area contributed by atoms with Crippen LogP contribution in [-0.2, 0) is 4.79 Å². The Hall–Kier alpha value is -3.02. The zero-order chi connectivity index (χ0) is 17.4. The first kappa shape index (κ1) is 17.3. The molecular weight excluding hydrogens is 306 g/mol. The molecule has 126 valence electrons. The van der Waals surface area contributed by atoms with Crippen molar-refractivity contribution < 1.29 is 14.3 Å². The van der Waals surface area contributed by atoms with Crippen LogP contribution in [0.4, 0.5) is 5.69 Å². The highest BCUT2D eigenvalue weighted by Crippen LogP contribution is 2.26. The summed E-state index contributed by atoms with van der Waals surface area (Å²) in [4.78, 5) is 11.9. The van der Waals surface area contributed by atoms with Crippen LogP contribution in [0.1, 0.15) is 19.4 Å². The van der Waals surface area contributed by atoms with Crippen LogP contribution in [0.5, 0.6) is 11.5 Å². The van der Waals surface area contributed by atoms with Gasteiger partial charge in [0, 0.05) is 5.69 Å². The summed E-state index contributed by atoms with van der Waals surface area (Å²) in [6.45, 7) is 4.05. The molecule has 0 fully saturated rings. The molecular formula is C18H21N3O3. The first-order valence-corrected chi connectivity index (χ1v) is 7.63. The summed E-state index contributed by atoms with van der Waals surface area (Å²) in [5, 5.41) is 4.06. The van der Waals surface area contributed by atoms with E-state index in [2.05, 4.69) is 10.5 Å². The average Bonchev–Trinajstić information content (AvgIpc) is 2.59. The van der Waals surface area contributed by atoms with Crippen molar-refractivity contribution in [3.63, 3.8) is 0 Å². The van der Waals surface area contributed by atoms with Crippen LogP contribution < -0.4 is 20.6 Å². The van der Waals surface area contributed by atoms with E-state index in [1.807, 2.05) is 31.2 Å². The van der Waals surface area contributed by atoms with E-state index in [0.717, 1.165) is 5.56 Å². The number of hydrogen-bond acceptors (Lipinski definition) is 5. The lowest BCUT2D eigenvalue weighted by Gasteiger charge is -2.10. The number of hydrogen-bond donors (Lipinski definition) is 2. The second-order valence-corrected chi connectivity index (χ2v) is 5.03. The van der Waals surface area contributed by atoms with E-state index in [-0.39, 0.29) is 12.5 Å². The molecule has 0 atom stereocenters. The normalized spacial score (nSPS) is 11.0. The summed E-state index contributed by atoms with van der Waals surface area (Å²) in [5.41, 5.74) is 10.3. The number of amides is 1. The Morgan fingerprint density at radius 1 is 1.12 bits per heavy atom. The molecule has 24 heavy (non-hydrogen) atoms. The van der Waals surface area contributed by atoms with Crippen LogP contribution in [-0.4, -0.2) is 24.8 Å². The van der Waals surface area contributed by atoms with Crippen LogP contribution in [0.3, 0.4) is 0 Å². The van der Waals surface area contributed by atoms with Gasteiger partial charge >= 0.3 is 0 Å². The third-order valence-corrected chi connectivity index (χ3v) is 3.16. The molecule has 2 aromatic rings. The summed E-state index contributed by atoms with van der Waals surface area (Å²) >= 11 is 0. The summed E-state index contributed by atoms with van der Waals surface area (Å²) in [7, 11) is 0. The van der Waals surface area contributed by atoms with E-state index in [0.29, 0.717) is 29.5 Å². The van der Waals surface area contributed by atoms with Gasteiger partial charge in [-0.15, -0.1) is 0 Å². The SMILES string of the molecule is CCOc1ccccc1OCC(=O)NN=C(C)c1cccc(N)c1. The summed E-state index contributed by atoms with van der Waals surface area (Å²) in [5.74, 6) is 0.767. The molecule has 0 unspecified atom stereocenters. The summed E-state index contributed by atoms with van der Waals surface area (Å²) in [6.07, 6.45) is 0. The van der Waals surface area contributed by atoms with Crippen LogP contribution in [0.2, 0.25) is 0 Å². The van der Waals surface area contributed by atoms with Gasteiger partial charge < -0.3 is 15.2 Å². The first-order chi connectivity index (χ1) is 11.6. The first-order valence-electron chi connectivity index (χ1n) is 7.63. The molecule has 0 bridgehead atoms. The third-order valence-electron chi connectivity index (χ3n) is 3.16. The fourth-order valence-corrected chi connectivity index (χ4v) is 1.99. The molecule has 1 amide bonds. The lowest BCUT2D eigenvalue weighted by molar-refractivity contribution is -0.123. The highest BCUT2D eigenvalue weighted by Gasteiger charge is 2.07. The molecule has 0 aliphatic rings. The van der Waals surface area contributed by atoms with Crippen molar-refractivity contribution in [1.82, 2.24) is 5.43 Å². The number of nitrogens with zero attached hydrogens (tertiary/aromatic N) is 1. The Morgan fingerprint density at radius 2 is 1.83 bits per heavy atom. The minimum atomic E-state index is -0.357. The second kappa shape index (κ2) is 8.57. The standard InChI is InChI=1S/C18H21N3O3/c1-3-23-16-9-4-5-10-17(16)24-12-18(22)21-20-13(2)14-7-6-8-15(19)11-14/h4-11H,3,12,19H2,1-2H3,(H,21,22). The highest BCUT2D eigenvalue weighted by atomic mass is 16.5. The molecule has 2 rings (SSSR count). The minimum absolute atomic E-state index is 0.155. The maximum atomic E-state index is 11.9. The van der Waals surface area contributed by atoms with Crippen LogP contribution in [0.25, 0.3) is 0 Å². The Bertz CT molecular complexity index is 729. The van der Waals surface area contributed by atoms with Crippen LogP contribution in [0.15, 0.2) is 53.6 Å². The predicted octanol–water partition coefficient (Wildman–Crippen LogP) is 2.59. The Kier molecular flexibility index (Phi) is 6.19. The Balaban J connectivity index is 1.91. The van der Waals surface area contributed by atoms with Crippen LogP contribution >= 0.6 is 0 Å². The number of nitrogens with two attached hydrogens (primary N) is 1. The number of rotatable bonds is 7. The van der Waals surface area contributed by atoms with Gasteiger partial charge in [-0.2, -0.15) is 5.10 Å². The van der Waals surface area contributed by atoms with Gasteiger partial charge in [-0.3, -0.25) is 4.79 Å². The maximum Gasteiger partial charge on any atom is 0.277 e. The Morgan fingerprint density at radius 3 is 2.50 bits per heavy atom. The molecule has 0 saturated heterocycles. The number of anilines is 1. The predicted molar refractivity (Wildman–Crippen MR) is 94.3 cm³/mol. The van der Waals surface area contributed by atoms with Crippen molar-refractivity contribution in [2.24, 2.45) is 5.10 Å². The smallest absolute Gasteiger partial charge is 0.277 e. The van der Waals surface area contributed by atoms with Gasteiger partial charge in [0.15, 0.2) is 18.1 Å². The van der Waals surface area contributed by atoms with Crippen molar-refractivity contribution in [3.05, 3.63) is 54.1 Å². The molecule has 0 saturated carbocycles.